The zero-order valence-corrected chi connectivity index (χ0v) is 15.2. The lowest BCUT2D eigenvalue weighted by molar-refractivity contribution is 0.195. The van der Waals surface area contributed by atoms with Crippen molar-refractivity contribution in [3.63, 3.8) is 0 Å². The molecule has 5 nitrogen and oxygen atoms in total. The summed E-state index contributed by atoms with van der Waals surface area (Å²) in [6.07, 6.45) is 2.34. The first-order chi connectivity index (χ1) is 10.9. The minimum atomic E-state index is -0.0806. The number of amides is 2. The second-order valence-corrected chi connectivity index (χ2v) is 7.07. The van der Waals surface area contributed by atoms with E-state index in [-0.39, 0.29) is 12.1 Å². The molecule has 1 atom stereocenters. The predicted octanol–water partition coefficient (Wildman–Crippen LogP) is 4.11. The van der Waals surface area contributed by atoms with Gasteiger partial charge in [-0.2, -0.15) is 0 Å². The quantitative estimate of drug-likeness (QED) is 0.864. The number of hydrogen-bond donors (Lipinski definition) is 1. The van der Waals surface area contributed by atoms with Crippen LogP contribution in [-0.2, 0) is 6.42 Å². The van der Waals surface area contributed by atoms with Gasteiger partial charge in [0.25, 0.3) is 0 Å². The van der Waals surface area contributed by atoms with E-state index >= 15 is 0 Å². The van der Waals surface area contributed by atoms with E-state index in [2.05, 4.69) is 24.1 Å². The molecule has 0 saturated carbocycles. The van der Waals surface area contributed by atoms with Crippen molar-refractivity contribution < 1.29 is 9.21 Å². The van der Waals surface area contributed by atoms with Crippen LogP contribution in [0, 0.1) is 6.92 Å². The molecule has 6 heteroatoms. The third kappa shape index (κ3) is 4.34. The number of aromatic nitrogens is 1. The van der Waals surface area contributed by atoms with Crippen LogP contribution in [0.4, 0.5) is 4.79 Å². The Morgan fingerprint density at radius 3 is 2.74 bits per heavy atom. The lowest BCUT2D eigenvalue weighted by Crippen LogP contribution is -2.39. The molecule has 0 spiro atoms. The minimum Gasteiger partial charge on any atom is -0.469 e. The van der Waals surface area contributed by atoms with Gasteiger partial charge in [-0.25, -0.2) is 9.78 Å². The smallest absolute Gasteiger partial charge is 0.317 e. The Balaban J connectivity index is 1.92. The molecule has 2 aromatic heterocycles. The Hall–Kier alpha value is -1.82. The largest absolute Gasteiger partial charge is 0.469 e. The molecule has 0 saturated heterocycles. The van der Waals surface area contributed by atoms with E-state index in [1.54, 1.807) is 22.5 Å². The van der Waals surface area contributed by atoms with Crippen LogP contribution in [0.3, 0.4) is 0 Å². The number of carbonyl (C=O) groups is 1. The molecule has 126 valence electrons. The Bertz CT molecular complexity index is 634. The Kier molecular flexibility index (Phi) is 5.82. The van der Waals surface area contributed by atoms with Crippen LogP contribution in [0.15, 0.2) is 22.8 Å². The zero-order chi connectivity index (χ0) is 17.0. The third-order valence-electron chi connectivity index (χ3n) is 3.85. The number of carbonyl (C=O) groups excluding carboxylic acids is 1. The lowest BCUT2D eigenvalue weighted by atomic mass is 10.2. The fraction of sp³-hybridized carbons (Fsp3) is 0.529. The standard InChI is InChI=1S/C17H25N3O2S/c1-11(2)16-19-12(3)15(23-16)13(4)20(5)17(21)18-9-8-14-7-6-10-22-14/h6-7,10-11,13H,8-9H2,1-5H3,(H,18,21)/t13-/m0/s1. The summed E-state index contributed by atoms with van der Waals surface area (Å²) in [4.78, 5) is 19.8. The van der Waals surface area contributed by atoms with Crippen LogP contribution in [-0.4, -0.2) is 29.5 Å². The molecule has 0 aliphatic rings. The van der Waals surface area contributed by atoms with Gasteiger partial charge in [0.15, 0.2) is 0 Å². The summed E-state index contributed by atoms with van der Waals surface area (Å²) >= 11 is 1.70. The Morgan fingerprint density at radius 2 is 2.17 bits per heavy atom. The fourth-order valence-corrected chi connectivity index (χ4v) is 3.45. The van der Waals surface area contributed by atoms with Gasteiger partial charge in [-0.1, -0.05) is 13.8 Å². The van der Waals surface area contributed by atoms with E-state index in [1.807, 2.05) is 33.0 Å². The van der Waals surface area contributed by atoms with Gasteiger partial charge in [0.1, 0.15) is 5.76 Å². The summed E-state index contributed by atoms with van der Waals surface area (Å²) in [7, 11) is 1.82. The summed E-state index contributed by atoms with van der Waals surface area (Å²) in [6, 6.07) is 3.68. The van der Waals surface area contributed by atoms with Gasteiger partial charge in [0, 0.05) is 30.8 Å². The maximum absolute atomic E-state index is 12.3. The Morgan fingerprint density at radius 1 is 1.43 bits per heavy atom. The van der Waals surface area contributed by atoms with E-state index in [0.717, 1.165) is 21.3 Å². The summed E-state index contributed by atoms with van der Waals surface area (Å²) < 4.78 is 5.26. The van der Waals surface area contributed by atoms with Crippen LogP contribution in [0.1, 0.15) is 54.1 Å². The number of hydrogen-bond acceptors (Lipinski definition) is 4. The number of rotatable bonds is 6. The van der Waals surface area contributed by atoms with E-state index < -0.39 is 0 Å². The summed E-state index contributed by atoms with van der Waals surface area (Å²) in [6.45, 7) is 8.88. The first-order valence-electron chi connectivity index (χ1n) is 7.90. The Labute approximate surface area is 141 Å². The molecular formula is C17H25N3O2S. The lowest BCUT2D eigenvalue weighted by Gasteiger charge is -2.24. The highest BCUT2D eigenvalue weighted by atomic mass is 32.1. The summed E-state index contributed by atoms with van der Waals surface area (Å²) in [5, 5.41) is 4.05. The number of furan rings is 1. The monoisotopic (exact) mass is 335 g/mol. The minimum absolute atomic E-state index is 0.00335. The third-order valence-corrected chi connectivity index (χ3v) is 5.48. The van der Waals surface area contributed by atoms with Crippen molar-refractivity contribution in [2.75, 3.05) is 13.6 Å². The number of nitrogens with zero attached hydrogens (tertiary/aromatic N) is 2. The maximum Gasteiger partial charge on any atom is 0.317 e. The van der Waals surface area contributed by atoms with Gasteiger partial charge < -0.3 is 14.6 Å². The highest BCUT2D eigenvalue weighted by Gasteiger charge is 2.22. The highest BCUT2D eigenvalue weighted by molar-refractivity contribution is 7.11. The molecule has 0 fully saturated rings. The van der Waals surface area contributed by atoms with Gasteiger partial charge in [0.05, 0.1) is 23.0 Å². The van der Waals surface area contributed by atoms with Crippen molar-refractivity contribution in [3.8, 4) is 0 Å². The van der Waals surface area contributed by atoms with Gasteiger partial charge in [-0.3, -0.25) is 0 Å². The molecule has 23 heavy (non-hydrogen) atoms. The fourth-order valence-electron chi connectivity index (χ4n) is 2.29. The van der Waals surface area contributed by atoms with E-state index in [0.29, 0.717) is 18.9 Å². The zero-order valence-electron chi connectivity index (χ0n) is 14.4. The van der Waals surface area contributed by atoms with Crippen LogP contribution < -0.4 is 5.32 Å². The van der Waals surface area contributed by atoms with Crippen molar-refractivity contribution >= 4 is 17.4 Å². The molecule has 0 aliphatic heterocycles. The average Bonchev–Trinajstić information content (AvgIpc) is 3.15. The van der Waals surface area contributed by atoms with E-state index in [9.17, 15) is 4.79 Å². The van der Waals surface area contributed by atoms with Crippen LogP contribution in [0.5, 0.6) is 0 Å². The normalized spacial score (nSPS) is 12.4. The molecule has 0 radical (unpaired) electrons. The van der Waals surface area contributed by atoms with Crippen LogP contribution in [0.25, 0.3) is 0 Å². The topological polar surface area (TPSA) is 58.4 Å². The van der Waals surface area contributed by atoms with E-state index in [4.69, 9.17) is 4.42 Å². The number of thiazole rings is 1. The molecule has 0 bridgehead atoms. The van der Waals surface area contributed by atoms with Gasteiger partial charge >= 0.3 is 6.03 Å². The predicted molar refractivity (Wildman–Crippen MR) is 92.9 cm³/mol. The van der Waals surface area contributed by atoms with Crippen LogP contribution >= 0.6 is 11.3 Å². The van der Waals surface area contributed by atoms with Gasteiger partial charge in [-0.15, -0.1) is 11.3 Å². The van der Waals surface area contributed by atoms with E-state index in [1.165, 1.54) is 0 Å². The van der Waals surface area contributed by atoms with Crippen molar-refractivity contribution in [3.05, 3.63) is 39.7 Å². The van der Waals surface area contributed by atoms with Gasteiger partial charge in [-0.05, 0) is 26.0 Å². The molecule has 2 amide bonds. The second-order valence-electron chi connectivity index (χ2n) is 6.00. The molecule has 1 N–H and O–H groups in total. The molecule has 0 aromatic carbocycles. The number of nitrogens with one attached hydrogen (secondary N) is 1. The second kappa shape index (κ2) is 7.64. The van der Waals surface area contributed by atoms with Crippen molar-refractivity contribution in [2.24, 2.45) is 0 Å². The first kappa shape index (κ1) is 17.5. The van der Waals surface area contributed by atoms with Gasteiger partial charge in [0.2, 0.25) is 0 Å². The molecule has 0 unspecified atom stereocenters. The average molecular weight is 335 g/mol. The number of urea groups is 1. The molecular weight excluding hydrogens is 310 g/mol. The molecule has 0 aliphatic carbocycles. The highest BCUT2D eigenvalue weighted by Crippen LogP contribution is 2.31. The maximum atomic E-state index is 12.3. The SMILES string of the molecule is Cc1nc(C(C)C)sc1[C@H](C)N(C)C(=O)NCCc1ccco1. The number of aryl methyl sites for hydroxylation is 1. The van der Waals surface area contributed by atoms with Crippen molar-refractivity contribution in [1.82, 2.24) is 15.2 Å². The summed E-state index contributed by atoms with van der Waals surface area (Å²) in [5.74, 6) is 1.29. The molecule has 2 rings (SSSR count). The van der Waals surface area contributed by atoms with Crippen molar-refractivity contribution in [1.29, 1.82) is 0 Å². The molecule has 2 heterocycles. The van der Waals surface area contributed by atoms with Crippen LogP contribution in [0.2, 0.25) is 0 Å². The molecule has 2 aromatic rings. The summed E-state index contributed by atoms with van der Waals surface area (Å²) in [5.41, 5.74) is 1.02. The first-order valence-corrected chi connectivity index (χ1v) is 8.72. The van der Waals surface area contributed by atoms with Crippen molar-refractivity contribution in [2.45, 2.75) is 46.1 Å².